The summed E-state index contributed by atoms with van der Waals surface area (Å²) in [5.74, 6) is -1.92. The fraction of sp³-hybridized carbons (Fsp3) is 0.0769. The molecule has 0 aliphatic carbocycles. The highest BCUT2D eigenvalue weighted by Gasteiger charge is 2.19. The van der Waals surface area contributed by atoms with Crippen molar-refractivity contribution < 1.29 is 17.2 Å². The predicted molar refractivity (Wildman–Crippen MR) is 81.9 cm³/mol. The van der Waals surface area contributed by atoms with E-state index in [1.165, 1.54) is 12.1 Å². The highest BCUT2D eigenvalue weighted by Crippen LogP contribution is 2.25. The van der Waals surface area contributed by atoms with E-state index in [9.17, 15) is 17.2 Å². The van der Waals surface area contributed by atoms with E-state index in [-0.39, 0.29) is 20.0 Å². The average Bonchev–Trinajstić information content (AvgIpc) is 2.46. The first-order valence-corrected chi connectivity index (χ1v) is 8.41. The summed E-state index contributed by atoms with van der Waals surface area (Å²) in [6, 6.07) is 5.66. The summed E-state index contributed by atoms with van der Waals surface area (Å²) >= 11 is 17.0. The van der Waals surface area contributed by atoms with E-state index in [1.54, 1.807) is 0 Å². The van der Waals surface area contributed by atoms with E-state index in [2.05, 4.69) is 4.72 Å². The zero-order chi connectivity index (χ0) is 16.5. The maximum absolute atomic E-state index is 13.7. The summed E-state index contributed by atoms with van der Waals surface area (Å²) in [4.78, 5) is -0.176. The number of nitrogens with one attached hydrogen (secondary N) is 1. The van der Waals surface area contributed by atoms with E-state index in [1.807, 2.05) is 0 Å². The molecule has 0 aliphatic rings. The monoisotopic (exact) mass is 385 g/mol. The first-order valence-electron chi connectivity index (χ1n) is 5.79. The van der Waals surface area contributed by atoms with Crippen LogP contribution in [-0.2, 0) is 16.6 Å². The maximum atomic E-state index is 13.7. The van der Waals surface area contributed by atoms with Gasteiger partial charge in [-0.3, -0.25) is 0 Å². The van der Waals surface area contributed by atoms with Crippen LogP contribution in [0, 0.1) is 11.6 Å². The van der Waals surface area contributed by atoms with Gasteiger partial charge < -0.3 is 0 Å². The molecule has 0 aliphatic heterocycles. The normalized spacial score (nSPS) is 11.7. The SMILES string of the molecule is O=S(=O)(NCc1c(F)ccc(Cl)c1F)c1ccc(Cl)c(Cl)c1. The molecule has 0 heterocycles. The van der Waals surface area contributed by atoms with Crippen LogP contribution >= 0.6 is 34.8 Å². The fourth-order valence-electron chi connectivity index (χ4n) is 1.63. The molecule has 0 atom stereocenters. The van der Waals surface area contributed by atoms with Crippen molar-refractivity contribution in [1.29, 1.82) is 0 Å². The van der Waals surface area contributed by atoms with Crippen LogP contribution in [0.1, 0.15) is 5.56 Å². The smallest absolute Gasteiger partial charge is 0.207 e. The van der Waals surface area contributed by atoms with Crippen molar-refractivity contribution in [2.75, 3.05) is 0 Å². The zero-order valence-corrected chi connectivity index (χ0v) is 13.8. The summed E-state index contributed by atoms with van der Waals surface area (Å²) < 4.78 is 53.5. The van der Waals surface area contributed by atoms with Gasteiger partial charge in [-0.25, -0.2) is 21.9 Å². The molecular formula is C13H8Cl3F2NO2S. The molecule has 0 bridgehead atoms. The van der Waals surface area contributed by atoms with Crippen molar-refractivity contribution >= 4 is 44.8 Å². The number of hydrogen-bond donors (Lipinski definition) is 1. The van der Waals surface area contributed by atoms with Gasteiger partial charge in [-0.05, 0) is 30.3 Å². The molecule has 2 rings (SSSR count). The summed E-state index contributed by atoms with van der Waals surface area (Å²) in [6.07, 6.45) is 0. The molecule has 0 fully saturated rings. The first kappa shape index (κ1) is 17.4. The molecular weight excluding hydrogens is 379 g/mol. The predicted octanol–water partition coefficient (Wildman–Crippen LogP) is 4.40. The number of hydrogen-bond acceptors (Lipinski definition) is 2. The van der Waals surface area contributed by atoms with Gasteiger partial charge in [0.1, 0.15) is 11.6 Å². The van der Waals surface area contributed by atoms with Crippen LogP contribution in [0.4, 0.5) is 8.78 Å². The standard InChI is InChI=1S/C13H8Cl3F2NO2S/c14-9-2-1-7(5-11(9)16)22(20,21)19-6-8-12(17)4-3-10(15)13(8)18/h1-5,19H,6H2. The molecule has 0 spiro atoms. The molecule has 3 nitrogen and oxygen atoms in total. The summed E-state index contributed by atoms with van der Waals surface area (Å²) in [7, 11) is -4.01. The lowest BCUT2D eigenvalue weighted by Crippen LogP contribution is -2.24. The second-order valence-corrected chi connectivity index (χ2v) is 7.21. The number of sulfonamides is 1. The number of benzene rings is 2. The molecule has 2 aromatic carbocycles. The van der Waals surface area contributed by atoms with Gasteiger partial charge in [0.25, 0.3) is 0 Å². The fourth-order valence-corrected chi connectivity index (χ4v) is 3.19. The quantitative estimate of drug-likeness (QED) is 0.792. The molecule has 0 saturated heterocycles. The first-order chi connectivity index (χ1) is 10.2. The molecule has 0 radical (unpaired) electrons. The van der Waals surface area contributed by atoms with E-state index < -0.39 is 33.8 Å². The Morgan fingerprint density at radius 2 is 1.59 bits per heavy atom. The Morgan fingerprint density at radius 1 is 0.955 bits per heavy atom. The third kappa shape index (κ3) is 3.70. The highest BCUT2D eigenvalue weighted by molar-refractivity contribution is 7.89. The van der Waals surface area contributed by atoms with Gasteiger partial charge in [0.05, 0.1) is 20.0 Å². The van der Waals surface area contributed by atoms with E-state index in [4.69, 9.17) is 34.8 Å². The Morgan fingerprint density at radius 3 is 2.23 bits per heavy atom. The topological polar surface area (TPSA) is 46.2 Å². The molecule has 0 amide bonds. The Labute approximate surface area is 140 Å². The Bertz CT molecular complexity index is 828. The lowest BCUT2D eigenvalue weighted by molar-refractivity contribution is 0.544. The van der Waals surface area contributed by atoms with Crippen molar-refractivity contribution in [3.63, 3.8) is 0 Å². The molecule has 118 valence electrons. The lowest BCUT2D eigenvalue weighted by atomic mass is 10.2. The largest absolute Gasteiger partial charge is 0.240 e. The second-order valence-electron chi connectivity index (χ2n) is 4.22. The van der Waals surface area contributed by atoms with E-state index >= 15 is 0 Å². The van der Waals surface area contributed by atoms with Crippen LogP contribution in [0.5, 0.6) is 0 Å². The summed E-state index contributed by atoms with van der Waals surface area (Å²) in [5, 5.41) is -0.0673. The molecule has 0 unspecified atom stereocenters. The van der Waals surface area contributed by atoms with Gasteiger partial charge in [0.15, 0.2) is 0 Å². The number of rotatable bonds is 4. The summed E-state index contributed by atoms with van der Waals surface area (Å²) in [5.41, 5.74) is -0.476. The Kier molecular flexibility index (Phi) is 5.29. The number of halogens is 5. The molecule has 1 N–H and O–H groups in total. The van der Waals surface area contributed by atoms with Crippen LogP contribution in [-0.4, -0.2) is 8.42 Å². The average molecular weight is 387 g/mol. The lowest BCUT2D eigenvalue weighted by Gasteiger charge is -2.10. The minimum atomic E-state index is -4.01. The molecule has 0 aromatic heterocycles. The summed E-state index contributed by atoms with van der Waals surface area (Å²) in [6.45, 7) is -0.596. The van der Waals surface area contributed by atoms with Gasteiger partial charge >= 0.3 is 0 Å². The molecule has 22 heavy (non-hydrogen) atoms. The third-order valence-electron chi connectivity index (χ3n) is 2.78. The van der Waals surface area contributed by atoms with Crippen molar-refractivity contribution in [2.24, 2.45) is 0 Å². The molecule has 2 aromatic rings. The molecule has 9 heteroatoms. The Hall–Kier alpha value is -0.920. The second kappa shape index (κ2) is 6.68. The van der Waals surface area contributed by atoms with Crippen LogP contribution < -0.4 is 4.72 Å². The van der Waals surface area contributed by atoms with Crippen LogP contribution in [0.15, 0.2) is 35.2 Å². The van der Waals surface area contributed by atoms with E-state index in [0.717, 1.165) is 18.2 Å². The minimum absolute atomic E-state index is 0.0460. The maximum Gasteiger partial charge on any atom is 0.240 e. The van der Waals surface area contributed by atoms with Crippen LogP contribution in [0.2, 0.25) is 15.1 Å². The van der Waals surface area contributed by atoms with Crippen LogP contribution in [0.25, 0.3) is 0 Å². The van der Waals surface area contributed by atoms with Crippen molar-refractivity contribution in [3.8, 4) is 0 Å². The van der Waals surface area contributed by atoms with E-state index in [0.29, 0.717) is 0 Å². The van der Waals surface area contributed by atoms with Crippen molar-refractivity contribution in [1.82, 2.24) is 4.72 Å². The van der Waals surface area contributed by atoms with Gasteiger partial charge in [-0.15, -0.1) is 0 Å². The van der Waals surface area contributed by atoms with Gasteiger partial charge in [0.2, 0.25) is 10.0 Å². The van der Waals surface area contributed by atoms with Crippen LogP contribution in [0.3, 0.4) is 0 Å². The van der Waals surface area contributed by atoms with Gasteiger partial charge in [0, 0.05) is 12.1 Å². The third-order valence-corrected chi connectivity index (χ3v) is 5.21. The van der Waals surface area contributed by atoms with Crippen molar-refractivity contribution in [2.45, 2.75) is 11.4 Å². The zero-order valence-electron chi connectivity index (χ0n) is 10.7. The Balaban J connectivity index is 2.27. The van der Waals surface area contributed by atoms with Gasteiger partial charge in [-0.1, -0.05) is 34.8 Å². The minimum Gasteiger partial charge on any atom is -0.207 e. The van der Waals surface area contributed by atoms with Crippen molar-refractivity contribution in [3.05, 3.63) is 62.6 Å². The highest BCUT2D eigenvalue weighted by atomic mass is 35.5. The molecule has 0 saturated carbocycles. The van der Waals surface area contributed by atoms with Gasteiger partial charge in [-0.2, -0.15) is 0 Å².